The Labute approximate surface area is 114 Å². The second kappa shape index (κ2) is 4.26. The predicted molar refractivity (Wildman–Crippen MR) is 74.1 cm³/mol. The van der Waals surface area contributed by atoms with Crippen molar-refractivity contribution >= 4 is 5.91 Å². The summed E-state index contributed by atoms with van der Waals surface area (Å²) in [5.41, 5.74) is 2.06. The van der Waals surface area contributed by atoms with Crippen LogP contribution >= 0.6 is 0 Å². The highest BCUT2D eigenvalue weighted by Crippen LogP contribution is 2.40. The molecule has 0 spiro atoms. The van der Waals surface area contributed by atoms with E-state index in [-0.39, 0.29) is 23.5 Å². The third kappa shape index (κ3) is 2.60. The summed E-state index contributed by atoms with van der Waals surface area (Å²) in [6, 6.07) is 6.30. The van der Waals surface area contributed by atoms with Gasteiger partial charge >= 0.3 is 0 Å². The van der Waals surface area contributed by atoms with E-state index in [1.807, 2.05) is 0 Å². The molecule has 3 nitrogen and oxygen atoms in total. The standard InChI is InChI=1S/C16H21NO2/c1-10-4-7-12-13(17-15(18)11-5-6-11)9-16(2,3)19-14(12)8-10/h4,7-8,11,13H,5-6,9H2,1-3H3,(H,17,18). The highest BCUT2D eigenvalue weighted by atomic mass is 16.5. The third-order valence-corrected chi connectivity index (χ3v) is 3.89. The number of carbonyl (C=O) groups excluding carboxylic acids is 1. The minimum atomic E-state index is -0.234. The fourth-order valence-corrected chi connectivity index (χ4v) is 2.72. The lowest BCUT2D eigenvalue weighted by Crippen LogP contribution is -2.41. The van der Waals surface area contributed by atoms with Crippen LogP contribution in [0.1, 0.15) is 50.3 Å². The Morgan fingerprint density at radius 2 is 2.11 bits per heavy atom. The maximum Gasteiger partial charge on any atom is 0.223 e. The molecule has 2 aliphatic rings. The number of fused-ring (bicyclic) bond motifs is 1. The van der Waals surface area contributed by atoms with Gasteiger partial charge in [0.25, 0.3) is 0 Å². The Balaban J connectivity index is 1.89. The molecule has 1 aliphatic heterocycles. The molecule has 1 aliphatic carbocycles. The van der Waals surface area contributed by atoms with Gasteiger partial charge in [-0.15, -0.1) is 0 Å². The SMILES string of the molecule is Cc1ccc2c(c1)OC(C)(C)CC2NC(=O)C1CC1. The normalized spacial score (nSPS) is 24.3. The van der Waals surface area contributed by atoms with E-state index in [0.717, 1.165) is 30.6 Å². The minimum Gasteiger partial charge on any atom is -0.487 e. The molecule has 3 heteroatoms. The van der Waals surface area contributed by atoms with E-state index in [9.17, 15) is 4.79 Å². The molecule has 102 valence electrons. The first-order valence-corrected chi connectivity index (χ1v) is 7.04. The van der Waals surface area contributed by atoms with E-state index in [0.29, 0.717) is 0 Å². The van der Waals surface area contributed by atoms with Gasteiger partial charge in [-0.2, -0.15) is 0 Å². The first kappa shape index (κ1) is 12.5. The van der Waals surface area contributed by atoms with Crippen LogP contribution < -0.4 is 10.1 Å². The summed E-state index contributed by atoms with van der Waals surface area (Å²) in [5.74, 6) is 1.37. The fourth-order valence-electron chi connectivity index (χ4n) is 2.72. The average molecular weight is 259 g/mol. The Kier molecular flexibility index (Phi) is 2.80. The topological polar surface area (TPSA) is 38.3 Å². The molecule has 1 atom stereocenters. The van der Waals surface area contributed by atoms with Crippen LogP contribution in [0.15, 0.2) is 18.2 Å². The maximum atomic E-state index is 12.0. The van der Waals surface area contributed by atoms with E-state index < -0.39 is 0 Å². The lowest BCUT2D eigenvalue weighted by molar-refractivity contribution is -0.123. The van der Waals surface area contributed by atoms with Crippen molar-refractivity contribution in [3.63, 3.8) is 0 Å². The molecular weight excluding hydrogens is 238 g/mol. The monoisotopic (exact) mass is 259 g/mol. The van der Waals surface area contributed by atoms with Gasteiger partial charge in [0.2, 0.25) is 5.91 Å². The van der Waals surface area contributed by atoms with Crippen molar-refractivity contribution in [2.75, 3.05) is 0 Å². The van der Waals surface area contributed by atoms with Crippen molar-refractivity contribution in [2.45, 2.75) is 51.7 Å². The molecule has 1 fully saturated rings. The van der Waals surface area contributed by atoms with E-state index in [2.05, 4.69) is 44.3 Å². The number of rotatable bonds is 2. The van der Waals surface area contributed by atoms with Gasteiger partial charge in [-0.05, 0) is 45.2 Å². The number of amides is 1. The highest BCUT2D eigenvalue weighted by molar-refractivity contribution is 5.81. The summed E-state index contributed by atoms with van der Waals surface area (Å²) in [5, 5.41) is 3.19. The van der Waals surface area contributed by atoms with Gasteiger partial charge in [-0.3, -0.25) is 4.79 Å². The van der Waals surface area contributed by atoms with Crippen molar-refractivity contribution in [3.05, 3.63) is 29.3 Å². The summed E-state index contributed by atoms with van der Waals surface area (Å²) in [7, 11) is 0. The molecule has 1 saturated carbocycles. The van der Waals surface area contributed by atoms with Gasteiger partial charge in [0.1, 0.15) is 11.4 Å². The lowest BCUT2D eigenvalue weighted by atomic mass is 9.89. The second-order valence-electron chi connectivity index (χ2n) is 6.44. The zero-order valence-corrected chi connectivity index (χ0v) is 11.8. The maximum absolute atomic E-state index is 12.0. The summed E-state index contributed by atoms with van der Waals surface area (Å²) in [4.78, 5) is 12.0. The van der Waals surface area contributed by atoms with Crippen LogP contribution in [-0.2, 0) is 4.79 Å². The number of hydrogen-bond donors (Lipinski definition) is 1. The van der Waals surface area contributed by atoms with Crippen LogP contribution in [0.5, 0.6) is 5.75 Å². The number of ether oxygens (including phenoxy) is 1. The molecule has 1 N–H and O–H groups in total. The Morgan fingerprint density at radius 1 is 1.37 bits per heavy atom. The first-order valence-electron chi connectivity index (χ1n) is 7.04. The van der Waals surface area contributed by atoms with Crippen LogP contribution in [-0.4, -0.2) is 11.5 Å². The number of benzene rings is 1. The van der Waals surface area contributed by atoms with E-state index in [1.54, 1.807) is 0 Å². The Hall–Kier alpha value is -1.51. The van der Waals surface area contributed by atoms with Crippen LogP contribution in [0.25, 0.3) is 0 Å². The van der Waals surface area contributed by atoms with Gasteiger partial charge in [0.05, 0.1) is 6.04 Å². The molecule has 1 aromatic rings. The van der Waals surface area contributed by atoms with E-state index >= 15 is 0 Å². The van der Waals surface area contributed by atoms with E-state index in [4.69, 9.17) is 4.74 Å². The van der Waals surface area contributed by atoms with Gasteiger partial charge in [0, 0.05) is 17.9 Å². The summed E-state index contributed by atoms with van der Waals surface area (Å²) in [6.07, 6.45) is 2.90. The van der Waals surface area contributed by atoms with Gasteiger partial charge < -0.3 is 10.1 Å². The molecule has 3 rings (SSSR count). The molecule has 0 saturated heterocycles. The van der Waals surface area contributed by atoms with Crippen LogP contribution in [0.4, 0.5) is 0 Å². The molecule has 1 heterocycles. The van der Waals surface area contributed by atoms with Crippen molar-refractivity contribution in [1.82, 2.24) is 5.32 Å². The zero-order chi connectivity index (χ0) is 13.6. The lowest BCUT2D eigenvalue weighted by Gasteiger charge is -2.38. The molecule has 0 radical (unpaired) electrons. The van der Waals surface area contributed by atoms with Crippen molar-refractivity contribution in [3.8, 4) is 5.75 Å². The van der Waals surface area contributed by atoms with Gasteiger partial charge in [0.15, 0.2) is 0 Å². The molecule has 1 aromatic carbocycles. The largest absolute Gasteiger partial charge is 0.487 e. The number of aryl methyl sites for hydroxylation is 1. The highest BCUT2D eigenvalue weighted by Gasteiger charge is 2.37. The number of hydrogen-bond acceptors (Lipinski definition) is 2. The van der Waals surface area contributed by atoms with Gasteiger partial charge in [-0.1, -0.05) is 12.1 Å². The quantitative estimate of drug-likeness (QED) is 0.886. The molecule has 0 aromatic heterocycles. The Bertz CT molecular complexity index is 517. The van der Waals surface area contributed by atoms with Crippen molar-refractivity contribution in [1.29, 1.82) is 0 Å². The van der Waals surface area contributed by atoms with E-state index in [1.165, 1.54) is 5.56 Å². The third-order valence-electron chi connectivity index (χ3n) is 3.89. The van der Waals surface area contributed by atoms with Crippen molar-refractivity contribution < 1.29 is 9.53 Å². The molecule has 0 bridgehead atoms. The first-order chi connectivity index (χ1) is 8.94. The van der Waals surface area contributed by atoms with Crippen LogP contribution in [0.2, 0.25) is 0 Å². The van der Waals surface area contributed by atoms with Crippen molar-refractivity contribution in [2.24, 2.45) is 5.92 Å². The molecule has 1 unspecified atom stereocenters. The molecular formula is C16H21NO2. The second-order valence-corrected chi connectivity index (χ2v) is 6.44. The summed E-state index contributed by atoms with van der Waals surface area (Å²) < 4.78 is 6.04. The number of nitrogens with one attached hydrogen (secondary N) is 1. The summed E-state index contributed by atoms with van der Waals surface area (Å²) >= 11 is 0. The zero-order valence-electron chi connectivity index (χ0n) is 11.8. The fraction of sp³-hybridized carbons (Fsp3) is 0.562. The van der Waals surface area contributed by atoms with Gasteiger partial charge in [-0.25, -0.2) is 0 Å². The number of carbonyl (C=O) groups is 1. The molecule has 1 amide bonds. The Morgan fingerprint density at radius 3 is 2.79 bits per heavy atom. The average Bonchev–Trinajstić information content (AvgIpc) is 3.09. The predicted octanol–water partition coefficient (Wildman–Crippen LogP) is 3.12. The summed E-state index contributed by atoms with van der Waals surface area (Å²) in [6.45, 7) is 6.21. The molecule has 19 heavy (non-hydrogen) atoms. The van der Waals surface area contributed by atoms with Crippen LogP contribution in [0.3, 0.4) is 0 Å². The smallest absolute Gasteiger partial charge is 0.223 e. The minimum absolute atomic E-state index is 0.0763. The van der Waals surface area contributed by atoms with Crippen LogP contribution in [0, 0.1) is 12.8 Å².